The minimum absolute atomic E-state index is 0. The van der Waals surface area contributed by atoms with E-state index < -0.39 is 19.7 Å². The number of likely N-dealkylation sites (tertiary alicyclic amines) is 1. The number of nitrogens with one attached hydrogen (secondary N) is 1. The number of amides is 1. The number of halogens is 1. The standard InChI is InChI=1S/C22H22N2O3S.C17H13NO4S.C5H11N.ClH/c25-22(24-14-2-1-3-15-24)19-11-9-17(10-12-19)16-28(26,27)20-8-4-6-18-7-5-13-23-21(18)20;19-12-22-15-8-6-13(7-9-15)11-23(20,21)16-5-1-3-14-4-2-10-18-17(14)16;1-2-4-6-5-3-1;/h4-13H,1-3,14-16H2;1-10,12H,11H2;6H,1-5H2;1H. The molecular formula is C44H47ClN4O7S2. The zero-order valence-corrected chi connectivity index (χ0v) is 34.5. The van der Waals surface area contributed by atoms with Gasteiger partial charge >= 0.3 is 0 Å². The van der Waals surface area contributed by atoms with E-state index in [2.05, 4.69) is 15.3 Å². The molecule has 4 heterocycles. The topological polar surface area (TPSA) is 153 Å². The molecule has 0 atom stereocenters. The molecule has 6 aromatic rings. The number of benzene rings is 4. The third kappa shape index (κ3) is 11.7. The fraction of sp³-hybridized carbons (Fsp3) is 0.273. The maximum Gasteiger partial charge on any atom is 0.298 e. The van der Waals surface area contributed by atoms with Crippen LogP contribution in [0.5, 0.6) is 5.75 Å². The van der Waals surface area contributed by atoms with Gasteiger partial charge < -0.3 is 15.0 Å². The number of fused-ring (bicyclic) bond motifs is 2. The van der Waals surface area contributed by atoms with E-state index in [1.807, 2.05) is 29.2 Å². The van der Waals surface area contributed by atoms with E-state index in [-0.39, 0.29) is 39.6 Å². The molecule has 4 aromatic carbocycles. The molecule has 2 aliphatic heterocycles. The molecule has 2 aromatic heterocycles. The van der Waals surface area contributed by atoms with Crippen molar-refractivity contribution in [2.45, 2.75) is 59.8 Å². The summed E-state index contributed by atoms with van der Waals surface area (Å²) in [6.07, 6.45) is 10.6. The van der Waals surface area contributed by atoms with Gasteiger partial charge in [-0.1, -0.05) is 67.1 Å². The number of hydrogen-bond donors (Lipinski definition) is 1. The average Bonchev–Trinajstić information content (AvgIpc) is 3.25. The predicted molar refractivity (Wildman–Crippen MR) is 229 cm³/mol. The minimum atomic E-state index is -3.55. The van der Waals surface area contributed by atoms with Gasteiger partial charge in [0.25, 0.3) is 12.4 Å². The summed E-state index contributed by atoms with van der Waals surface area (Å²) in [5.41, 5.74) is 2.83. The summed E-state index contributed by atoms with van der Waals surface area (Å²) in [5.74, 6) is 0.116. The molecule has 58 heavy (non-hydrogen) atoms. The third-order valence-electron chi connectivity index (χ3n) is 9.73. The van der Waals surface area contributed by atoms with Crippen LogP contribution in [-0.2, 0) is 36.0 Å². The van der Waals surface area contributed by atoms with E-state index >= 15 is 0 Å². The Bertz CT molecular complexity index is 2490. The number of piperidine rings is 2. The van der Waals surface area contributed by atoms with E-state index in [4.69, 9.17) is 4.74 Å². The normalized spacial score (nSPS) is 14.2. The molecule has 0 unspecified atom stereocenters. The first-order valence-corrected chi connectivity index (χ1v) is 22.4. The van der Waals surface area contributed by atoms with Gasteiger partial charge in [-0.3, -0.25) is 19.6 Å². The van der Waals surface area contributed by atoms with Crippen LogP contribution in [0.1, 0.15) is 60.0 Å². The van der Waals surface area contributed by atoms with Crippen LogP contribution in [-0.4, -0.2) is 70.3 Å². The van der Waals surface area contributed by atoms with Crippen LogP contribution < -0.4 is 10.1 Å². The summed E-state index contributed by atoms with van der Waals surface area (Å²) in [6, 6.07) is 30.8. The molecule has 0 bridgehead atoms. The Hall–Kier alpha value is -5.21. The van der Waals surface area contributed by atoms with Crippen molar-refractivity contribution in [3.63, 3.8) is 0 Å². The first-order valence-electron chi connectivity index (χ1n) is 19.1. The van der Waals surface area contributed by atoms with E-state index in [9.17, 15) is 26.4 Å². The third-order valence-corrected chi connectivity index (χ3v) is 13.2. The Morgan fingerprint density at radius 2 is 1.09 bits per heavy atom. The SMILES string of the molecule is C1CCNCC1.Cl.O=C(c1ccc(CS(=O)(=O)c2cccc3cccnc23)cc1)N1CCCCC1.O=COc1ccc(CS(=O)(=O)c2cccc3cccnc23)cc1. The van der Waals surface area contributed by atoms with Crippen molar-refractivity contribution in [3.8, 4) is 5.75 Å². The minimum Gasteiger partial charge on any atom is -0.429 e. The van der Waals surface area contributed by atoms with E-state index in [0.717, 1.165) is 36.7 Å². The van der Waals surface area contributed by atoms with Crippen molar-refractivity contribution in [1.29, 1.82) is 0 Å². The molecular weight excluding hydrogens is 796 g/mol. The quantitative estimate of drug-likeness (QED) is 0.143. The summed E-state index contributed by atoms with van der Waals surface area (Å²) in [7, 11) is -7.09. The Morgan fingerprint density at radius 1 is 0.621 bits per heavy atom. The Morgan fingerprint density at radius 3 is 1.53 bits per heavy atom. The lowest BCUT2D eigenvalue weighted by atomic mass is 10.1. The summed E-state index contributed by atoms with van der Waals surface area (Å²) in [5, 5.41) is 4.86. The predicted octanol–water partition coefficient (Wildman–Crippen LogP) is 7.76. The molecule has 2 aliphatic rings. The number of rotatable bonds is 9. The van der Waals surface area contributed by atoms with Crippen LogP contribution in [0.15, 0.2) is 131 Å². The van der Waals surface area contributed by atoms with Crippen molar-refractivity contribution in [2.24, 2.45) is 0 Å². The van der Waals surface area contributed by atoms with Gasteiger partial charge in [0, 0.05) is 41.8 Å². The Balaban J connectivity index is 0.000000193. The smallest absolute Gasteiger partial charge is 0.298 e. The fourth-order valence-corrected chi connectivity index (χ4v) is 9.87. The fourth-order valence-electron chi connectivity index (χ4n) is 6.79. The summed E-state index contributed by atoms with van der Waals surface area (Å²) < 4.78 is 56.0. The molecule has 11 nitrogen and oxygen atoms in total. The highest BCUT2D eigenvalue weighted by atomic mass is 35.5. The number of pyridine rings is 2. The van der Waals surface area contributed by atoms with Gasteiger partial charge in [0.05, 0.1) is 32.3 Å². The van der Waals surface area contributed by atoms with Crippen LogP contribution in [0.2, 0.25) is 0 Å². The van der Waals surface area contributed by atoms with E-state index in [1.54, 1.807) is 97.3 Å². The van der Waals surface area contributed by atoms with Crippen LogP contribution in [0.25, 0.3) is 21.8 Å². The monoisotopic (exact) mass is 842 g/mol. The van der Waals surface area contributed by atoms with Crippen molar-refractivity contribution in [3.05, 3.63) is 138 Å². The molecule has 14 heteroatoms. The summed E-state index contributed by atoms with van der Waals surface area (Å²) in [6.45, 7) is 4.42. The number of sulfone groups is 2. The first kappa shape index (κ1) is 43.9. The van der Waals surface area contributed by atoms with Crippen molar-refractivity contribution >= 4 is 66.3 Å². The molecule has 0 radical (unpaired) electrons. The maximum absolute atomic E-state index is 13.0. The second kappa shape index (κ2) is 21.0. The molecule has 2 saturated heterocycles. The number of carbonyl (C=O) groups excluding carboxylic acids is 2. The van der Waals surface area contributed by atoms with Crippen LogP contribution in [0, 0.1) is 0 Å². The summed E-state index contributed by atoms with van der Waals surface area (Å²) >= 11 is 0. The Labute approximate surface area is 346 Å². The van der Waals surface area contributed by atoms with E-state index in [1.165, 1.54) is 38.8 Å². The van der Waals surface area contributed by atoms with Crippen molar-refractivity contribution in [2.75, 3.05) is 26.2 Å². The number of carbonyl (C=O) groups is 2. The lowest BCUT2D eigenvalue weighted by Crippen LogP contribution is -2.35. The zero-order valence-electron chi connectivity index (χ0n) is 32.0. The number of ether oxygens (including phenoxy) is 1. The summed E-state index contributed by atoms with van der Waals surface area (Å²) in [4.78, 5) is 33.6. The number of para-hydroxylation sites is 2. The first-order chi connectivity index (χ1) is 27.6. The maximum atomic E-state index is 13.0. The van der Waals surface area contributed by atoms with Gasteiger partial charge in [-0.15, -0.1) is 12.4 Å². The highest BCUT2D eigenvalue weighted by Crippen LogP contribution is 2.26. The van der Waals surface area contributed by atoms with Crippen LogP contribution in [0.3, 0.4) is 0 Å². The molecule has 2 fully saturated rings. The second-order valence-electron chi connectivity index (χ2n) is 13.9. The van der Waals surface area contributed by atoms with Gasteiger partial charge in [0.1, 0.15) is 5.75 Å². The molecule has 0 saturated carbocycles. The number of hydrogen-bond acceptors (Lipinski definition) is 10. The van der Waals surface area contributed by atoms with Gasteiger partial charge in [-0.25, -0.2) is 16.8 Å². The van der Waals surface area contributed by atoms with Crippen molar-refractivity contribution < 1.29 is 31.2 Å². The number of nitrogens with zero attached hydrogens (tertiary/aromatic N) is 3. The average molecular weight is 843 g/mol. The molecule has 1 amide bonds. The molecule has 0 spiro atoms. The van der Waals surface area contributed by atoms with Crippen LogP contribution >= 0.6 is 12.4 Å². The van der Waals surface area contributed by atoms with E-state index in [0.29, 0.717) is 39.9 Å². The highest BCUT2D eigenvalue weighted by Gasteiger charge is 2.22. The van der Waals surface area contributed by atoms with Gasteiger partial charge in [0.2, 0.25) is 0 Å². The second-order valence-corrected chi connectivity index (χ2v) is 17.8. The lowest BCUT2D eigenvalue weighted by Gasteiger charge is -2.26. The lowest BCUT2D eigenvalue weighted by molar-refractivity contribution is -0.120. The number of aromatic nitrogens is 2. The van der Waals surface area contributed by atoms with Crippen molar-refractivity contribution in [1.82, 2.24) is 20.2 Å². The van der Waals surface area contributed by atoms with Crippen LogP contribution in [0.4, 0.5) is 0 Å². The van der Waals surface area contributed by atoms with Gasteiger partial charge in [-0.2, -0.15) is 0 Å². The molecule has 0 aliphatic carbocycles. The largest absolute Gasteiger partial charge is 0.429 e. The van der Waals surface area contributed by atoms with Gasteiger partial charge in [-0.05, 0) is 105 Å². The van der Waals surface area contributed by atoms with Gasteiger partial charge in [0.15, 0.2) is 19.7 Å². The highest BCUT2D eigenvalue weighted by molar-refractivity contribution is 7.91. The molecule has 304 valence electrons. The molecule has 8 rings (SSSR count). The Kier molecular flexibility index (Phi) is 15.9. The molecule has 1 N–H and O–H groups in total. The zero-order chi connectivity index (χ0) is 40.1.